The van der Waals surface area contributed by atoms with E-state index in [4.69, 9.17) is 0 Å². The van der Waals surface area contributed by atoms with Gasteiger partial charge < -0.3 is 5.32 Å². The molecule has 0 amide bonds. The Morgan fingerprint density at radius 2 is 1.79 bits per heavy atom. The number of benzene rings is 1. The molecule has 1 N–H and O–H groups in total. The predicted molar refractivity (Wildman–Crippen MR) is 84.6 cm³/mol. The van der Waals surface area contributed by atoms with Gasteiger partial charge in [-0.3, -0.25) is 0 Å². The van der Waals surface area contributed by atoms with E-state index in [1.165, 1.54) is 16.7 Å². The minimum absolute atomic E-state index is 0.422. The Hall–Kier alpha value is -1.12. The summed E-state index contributed by atoms with van der Waals surface area (Å²) in [6.45, 7) is 7.70. The zero-order valence-electron chi connectivity index (χ0n) is 12.0. The number of rotatable bonds is 6. The maximum atomic E-state index is 3.68. The summed E-state index contributed by atoms with van der Waals surface area (Å²) in [5, 5.41) is 8.03. The maximum Gasteiger partial charge on any atom is 0.0346 e. The van der Waals surface area contributed by atoms with Gasteiger partial charge in [0.2, 0.25) is 0 Å². The fraction of sp³-hybridized carbons (Fsp3) is 0.412. The molecule has 0 saturated heterocycles. The molecule has 0 aliphatic heterocycles. The molecule has 1 aromatic heterocycles. The van der Waals surface area contributed by atoms with Gasteiger partial charge in [-0.1, -0.05) is 45.0 Å². The monoisotopic (exact) mass is 273 g/mol. The molecule has 0 saturated carbocycles. The molecule has 0 spiro atoms. The van der Waals surface area contributed by atoms with Crippen LogP contribution in [0.25, 0.3) is 0 Å². The smallest absolute Gasteiger partial charge is 0.0346 e. The van der Waals surface area contributed by atoms with Gasteiger partial charge in [0.15, 0.2) is 0 Å². The van der Waals surface area contributed by atoms with Gasteiger partial charge in [0, 0.05) is 12.6 Å². The van der Waals surface area contributed by atoms with Gasteiger partial charge in [0.25, 0.3) is 0 Å². The van der Waals surface area contributed by atoms with Gasteiger partial charge in [0.05, 0.1) is 0 Å². The average Bonchev–Trinajstić information content (AvgIpc) is 2.92. The van der Waals surface area contributed by atoms with Crippen molar-refractivity contribution in [3.63, 3.8) is 0 Å². The highest BCUT2D eigenvalue weighted by Crippen LogP contribution is 2.23. The molecular formula is C17H23NS. The zero-order valence-corrected chi connectivity index (χ0v) is 12.8. The topological polar surface area (TPSA) is 12.0 Å². The van der Waals surface area contributed by atoms with Crippen molar-refractivity contribution >= 4 is 11.3 Å². The summed E-state index contributed by atoms with van der Waals surface area (Å²) < 4.78 is 0. The molecule has 1 unspecified atom stereocenters. The molecule has 0 aliphatic carbocycles. The van der Waals surface area contributed by atoms with E-state index in [-0.39, 0.29) is 0 Å². The van der Waals surface area contributed by atoms with Gasteiger partial charge in [0.1, 0.15) is 0 Å². The molecule has 19 heavy (non-hydrogen) atoms. The largest absolute Gasteiger partial charge is 0.306 e. The number of hydrogen-bond acceptors (Lipinski definition) is 2. The summed E-state index contributed by atoms with van der Waals surface area (Å²) in [6.07, 6.45) is 1.11. The first kappa shape index (κ1) is 14.3. The number of nitrogens with one attached hydrogen (secondary N) is 1. The van der Waals surface area contributed by atoms with E-state index in [1.54, 1.807) is 11.3 Å². The Labute approximate surface area is 120 Å². The standard InChI is InChI=1S/C17H23NS/c1-4-14-5-7-16(8-6-14)17(13(2)3)18-11-15-9-10-19-12-15/h5-10,12-13,17-18H,4,11H2,1-3H3. The first-order valence-electron chi connectivity index (χ1n) is 7.04. The van der Waals surface area contributed by atoms with Gasteiger partial charge in [-0.05, 0) is 45.9 Å². The fourth-order valence-electron chi connectivity index (χ4n) is 2.32. The average molecular weight is 273 g/mol. The highest BCUT2D eigenvalue weighted by atomic mass is 32.1. The van der Waals surface area contributed by atoms with Crippen LogP contribution in [-0.2, 0) is 13.0 Å². The number of hydrogen-bond donors (Lipinski definition) is 1. The van der Waals surface area contributed by atoms with E-state index in [2.05, 4.69) is 67.2 Å². The second-order valence-corrected chi connectivity index (χ2v) is 6.11. The van der Waals surface area contributed by atoms with Crippen LogP contribution in [0.2, 0.25) is 0 Å². The predicted octanol–water partition coefficient (Wildman–Crippen LogP) is 4.80. The first-order chi connectivity index (χ1) is 9.20. The molecule has 2 heteroatoms. The van der Waals surface area contributed by atoms with Crippen molar-refractivity contribution in [3.8, 4) is 0 Å². The van der Waals surface area contributed by atoms with Crippen molar-refractivity contribution in [2.45, 2.75) is 39.8 Å². The first-order valence-corrected chi connectivity index (χ1v) is 7.98. The molecule has 102 valence electrons. The Morgan fingerprint density at radius 1 is 1.05 bits per heavy atom. The van der Waals surface area contributed by atoms with Crippen LogP contribution in [0.15, 0.2) is 41.1 Å². The molecule has 2 aromatic rings. The summed E-state index contributed by atoms with van der Waals surface area (Å²) in [5.41, 5.74) is 4.17. The molecule has 2 rings (SSSR count). The molecule has 1 heterocycles. The zero-order chi connectivity index (χ0) is 13.7. The van der Waals surface area contributed by atoms with Crippen LogP contribution in [0, 0.1) is 5.92 Å². The normalized spacial score (nSPS) is 12.8. The van der Waals surface area contributed by atoms with Crippen LogP contribution in [0.1, 0.15) is 43.5 Å². The second-order valence-electron chi connectivity index (χ2n) is 5.33. The molecule has 0 radical (unpaired) electrons. The highest BCUT2D eigenvalue weighted by molar-refractivity contribution is 7.07. The Balaban J connectivity index is 2.06. The molecule has 0 fully saturated rings. The molecule has 1 aromatic carbocycles. The summed E-state index contributed by atoms with van der Waals surface area (Å²) in [7, 11) is 0. The van der Waals surface area contributed by atoms with Crippen molar-refractivity contribution in [2.75, 3.05) is 0 Å². The van der Waals surface area contributed by atoms with E-state index in [1.807, 2.05) is 0 Å². The molecule has 1 atom stereocenters. The summed E-state index contributed by atoms with van der Waals surface area (Å²) in [6, 6.07) is 11.6. The number of aryl methyl sites for hydroxylation is 1. The molecule has 0 aliphatic rings. The molecular weight excluding hydrogens is 250 g/mol. The third-order valence-corrected chi connectivity index (χ3v) is 4.25. The van der Waals surface area contributed by atoms with Crippen LogP contribution in [0.4, 0.5) is 0 Å². The second kappa shape index (κ2) is 6.88. The van der Waals surface area contributed by atoms with Crippen LogP contribution in [0.5, 0.6) is 0 Å². The van der Waals surface area contributed by atoms with Crippen molar-refractivity contribution in [2.24, 2.45) is 5.92 Å². The molecule has 0 bridgehead atoms. The van der Waals surface area contributed by atoms with Gasteiger partial charge in [-0.2, -0.15) is 11.3 Å². The summed E-state index contributed by atoms with van der Waals surface area (Å²) in [5.74, 6) is 0.589. The maximum absolute atomic E-state index is 3.68. The van der Waals surface area contributed by atoms with E-state index in [9.17, 15) is 0 Å². The SMILES string of the molecule is CCc1ccc(C(NCc2ccsc2)C(C)C)cc1. The summed E-state index contributed by atoms with van der Waals surface area (Å²) in [4.78, 5) is 0. The van der Waals surface area contributed by atoms with Crippen molar-refractivity contribution in [1.29, 1.82) is 0 Å². The Morgan fingerprint density at radius 3 is 2.32 bits per heavy atom. The molecule has 1 nitrogen and oxygen atoms in total. The van der Waals surface area contributed by atoms with E-state index in [0.717, 1.165) is 13.0 Å². The van der Waals surface area contributed by atoms with E-state index < -0.39 is 0 Å². The van der Waals surface area contributed by atoms with Gasteiger partial charge >= 0.3 is 0 Å². The lowest BCUT2D eigenvalue weighted by Gasteiger charge is -2.23. The van der Waals surface area contributed by atoms with Crippen LogP contribution >= 0.6 is 11.3 Å². The third-order valence-electron chi connectivity index (χ3n) is 3.52. The lowest BCUT2D eigenvalue weighted by atomic mass is 9.94. The van der Waals surface area contributed by atoms with Crippen LogP contribution < -0.4 is 5.32 Å². The lowest BCUT2D eigenvalue weighted by Crippen LogP contribution is -2.25. The van der Waals surface area contributed by atoms with E-state index in [0.29, 0.717) is 12.0 Å². The lowest BCUT2D eigenvalue weighted by molar-refractivity contribution is 0.411. The highest BCUT2D eigenvalue weighted by Gasteiger charge is 2.15. The summed E-state index contributed by atoms with van der Waals surface area (Å²) >= 11 is 1.76. The van der Waals surface area contributed by atoms with Crippen molar-refractivity contribution < 1.29 is 0 Å². The minimum atomic E-state index is 0.422. The van der Waals surface area contributed by atoms with Gasteiger partial charge in [-0.15, -0.1) is 0 Å². The minimum Gasteiger partial charge on any atom is -0.306 e. The van der Waals surface area contributed by atoms with Crippen LogP contribution in [-0.4, -0.2) is 0 Å². The fourth-order valence-corrected chi connectivity index (χ4v) is 2.99. The quantitative estimate of drug-likeness (QED) is 0.797. The number of thiophene rings is 1. The Kier molecular flexibility index (Phi) is 5.17. The third kappa shape index (κ3) is 3.92. The van der Waals surface area contributed by atoms with E-state index >= 15 is 0 Å². The van der Waals surface area contributed by atoms with Crippen molar-refractivity contribution in [1.82, 2.24) is 5.32 Å². The van der Waals surface area contributed by atoms with Crippen LogP contribution in [0.3, 0.4) is 0 Å². The Bertz CT molecular complexity index is 470. The van der Waals surface area contributed by atoms with Crippen molar-refractivity contribution in [3.05, 3.63) is 57.8 Å². The van der Waals surface area contributed by atoms with Gasteiger partial charge in [-0.25, -0.2) is 0 Å².